The van der Waals surface area contributed by atoms with Crippen LogP contribution in [-0.2, 0) is 4.79 Å². The monoisotopic (exact) mass is 216 g/mol. The number of nitrogens with two attached hydrogens (primary N) is 1. The summed E-state index contributed by atoms with van der Waals surface area (Å²) in [6.45, 7) is 5.02. The van der Waals surface area contributed by atoms with Gasteiger partial charge in [-0.25, -0.2) is 0 Å². The lowest BCUT2D eigenvalue weighted by Gasteiger charge is -2.34. The molecule has 14 heavy (non-hydrogen) atoms. The number of carbonyl (C=O) groups is 1. The maximum absolute atomic E-state index is 11.9. The zero-order valence-corrected chi connectivity index (χ0v) is 9.85. The highest BCUT2D eigenvalue weighted by molar-refractivity contribution is 7.99. The van der Waals surface area contributed by atoms with Crippen molar-refractivity contribution in [2.45, 2.75) is 38.8 Å². The highest BCUT2D eigenvalue weighted by Crippen LogP contribution is 2.17. The van der Waals surface area contributed by atoms with Crippen LogP contribution in [-0.4, -0.2) is 40.9 Å². The summed E-state index contributed by atoms with van der Waals surface area (Å²) in [4.78, 5) is 13.8. The summed E-state index contributed by atoms with van der Waals surface area (Å²) in [6, 6.07) is 0.0645. The summed E-state index contributed by atoms with van der Waals surface area (Å²) in [6.07, 6.45) is 1.78. The van der Waals surface area contributed by atoms with Gasteiger partial charge in [-0.05, 0) is 13.3 Å². The van der Waals surface area contributed by atoms with Crippen molar-refractivity contribution >= 4 is 17.7 Å². The van der Waals surface area contributed by atoms with E-state index in [0.717, 1.165) is 30.9 Å². The average molecular weight is 216 g/mol. The fraction of sp³-hybridized carbons (Fsp3) is 0.900. The molecular weight excluding hydrogens is 196 g/mol. The number of rotatable bonds is 3. The molecule has 1 rings (SSSR count). The molecule has 1 saturated heterocycles. The first kappa shape index (κ1) is 11.9. The van der Waals surface area contributed by atoms with E-state index >= 15 is 0 Å². The topological polar surface area (TPSA) is 46.3 Å². The van der Waals surface area contributed by atoms with Crippen molar-refractivity contribution in [3.8, 4) is 0 Å². The molecule has 0 aliphatic carbocycles. The Morgan fingerprint density at radius 3 is 3.00 bits per heavy atom. The van der Waals surface area contributed by atoms with Crippen LogP contribution in [0.25, 0.3) is 0 Å². The first-order valence-corrected chi connectivity index (χ1v) is 6.46. The Labute approximate surface area is 90.4 Å². The number of amides is 1. The van der Waals surface area contributed by atoms with Gasteiger partial charge >= 0.3 is 0 Å². The quantitative estimate of drug-likeness (QED) is 0.768. The molecule has 4 heteroatoms. The molecule has 82 valence electrons. The molecule has 0 saturated carbocycles. The van der Waals surface area contributed by atoms with E-state index in [1.165, 1.54) is 0 Å². The number of hydrogen-bond donors (Lipinski definition) is 1. The lowest BCUT2D eigenvalue weighted by molar-refractivity contribution is -0.134. The average Bonchev–Trinajstić information content (AvgIpc) is 2.18. The maximum Gasteiger partial charge on any atom is 0.239 e. The molecular formula is C10H20N2OS. The van der Waals surface area contributed by atoms with Crippen LogP contribution in [0.3, 0.4) is 0 Å². The standard InChI is InChI=1S/C10H20N2OS/c1-3-4-9(11)10(13)12-5-6-14-7-8(12)2/h8-9H,3-7,11H2,1-2H3/t8?,9-/m1/s1. The number of carbonyl (C=O) groups excluding carboxylic acids is 1. The Kier molecular flexibility index (Phi) is 4.75. The molecule has 0 aromatic rings. The molecule has 2 atom stereocenters. The fourth-order valence-electron chi connectivity index (χ4n) is 1.70. The second-order valence-electron chi connectivity index (χ2n) is 3.85. The van der Waals surface area contributed by atoms with Gasteiger partial charge in [0.2, 0.25) is 5.91 Å². The number of nitrogens with zero attached hydrogens (tertiary/aromatic N) is 1. The van der Waals surface area contributed by atoms with Crippen LogP contribution in [0.5, 0.6) is 0 Å². The fourth-order valence-corrected chi connectivity index (χ4v) is 2.72. The Morgan fingerprint density at radius 2 is 2.43 bits per heavy atom. The molecule has 1 fully saturated rings. The van der Waals surface area contributed by atoms with Crippen molar-refractivity contribution in [3.63, 3.8) is 0 Å². The van der Waals surface area contributed by atoms with Gasteiger partial charge in [-0.2, -0.15) is 11.8 Å². The zero-order chi connectivity index (χ0) is 10.6. The molecule has 0 spiro atoms. The molecule has 3 nitrogen and oxygen atoms in total. The molecule has 1 unspecified atom stereocenters. The van der Waals surface area contributed by atoms with E-state index in [4.69, 9.17) is 5.73 Å². The van der Waals surface area contributed by atoms with Gasteiger partial charge in [0, 0.05) is 24.1 Å². The summed E-state index contributed by atoms with van der Waals surface area (Å²) in [5.41, 5.74) is 5.82. The third-order valence-electron chi connectivity index (χ3n) is 2.57. The lowest BCUT2D eigenvalue weighted by atomic mass is 10.1. The van der Waals surface area contributed by atoms with Gasteiger partial charge in [-0.1, -0.05) is 13.3 Å². The normalized spacial score (nSPS) is 24.8. The Morgan fingerprint density at radius 1 is 1.71 bits per heavy atom. The van der Waals surface area contributed by atoms with E-state index in [-0.39, 0.29) is 11.9 Å². The van der Waals surface area contributed by atoms with E-state index < -0.39 is 0 Å². The van der Waals surface area contributed by atoms with Gasteiger partial charge in [0.1, 0.15) is 0 Å². The minimum absolute atomic E-state index is 0.139. The second-order valence-corrected chi connectivity index (χ2v) is 5.00. The van der Waals surface area contributed by atoms with Gasteiger partial charge in [-0.3, -0.25) is 4.79 Å². The van der Waals surface area contributed by atoms with Crippen LogP contribution in [0.15, 0.2) is 0 Å². The van der Waals surface area contributed by atoms with Crippen molar-refractivity contribution in [2.75, 3.05) is 18.1 Å². The van der Waals surface area contributed by atoms with E-state index in [1.807, 2.05) is 16.7 Å². The van der Waals surface area contributed by atoms with E-state index in [9.17, 15) is 4.79 Å². The van der Waals surface area contributed by atoms with Crippen molar-refractivity contribution < 1.29 is 4.79 Å². The largest absolute Gasteiger partial charge is 0.337 e. The van der Waals surface area contributed by atoms with Crippen LogP contribution in [0.2, 0.25) is 0 Å². The minimum atomic E-state index is -0.287. The molecule has 1 heterocycles. The Hall–Kier alpha value is -0.220. The smallest absolute Gasteiger partial charge is 0.239 e. The van der Waals surface area contributed by atoms with Crippen LogP contribution < -0.4 is 5.73 Å². The second kappa shape index (κ2) is 5.61. The van der Waals surface area contributed by atoms with Gasteiger partial charge in [-0.15, -0.1) is 0 Å². The molecule has 1 aliphatic heterocycles. The summed E-state index contributed by atoms with van der Waals surface area (Å²) in [5, 5.41) is 0. The number of hydrogen-bond acceptors (Lipinski definition) is 3. The summed E-state index contributed by atoms with van der Waals surface area (Å²) in [5.74, 6) is 2.24. The highest BCUT2D eigenvalue weighted by Gasteiger charge is 2.26. The third kappa shape index (κ3) is 2.89. The predicted octanol–water partition coefficient (Wildman–Crippen LogP) is 1.08. The zero-order valence-electron chi connectivity index (χ0n) is 9.03. The molecule has 0 bridgehead atoms. The summed E-state index contributed by atoms with van der Waals surface area (Å²) >= 11 is 1.91. The Bertz CT molecular complexity index is 199. The maximum atomic E-state index is 11.9. The van der Waals surface area contributed by atoms with Crippen LogP contribution in [0.4, 0.5) is 0 Å². The molecule has 2 N–H and O–H groups in total. The van der Waals surface area contributed by atoms with E-state index in [0.29, 0.717) is 6.04 Å². The number of thioether (sulfide) groups is 1. The SMILES string of the molecule is CCC[C@@H](N)C(=O)N1CCSCC1C. The van der Waals surface area contributed by atoms with Gasteiger partial charge in [0.15, 0.2) is 0 Å². The molecule has 1 amide bonds. The van der Waals surface area contributed by atoms with Gasteiger partial charge in [0.05, 0.1) is 6.04 Å². The van der Waals surface area contributed by atoms with Crippen molar-refractivity contribution in [1.82, 2.24) is 4.90 Å². The molecule has 1 aliphatic rings. The molecule has 0 radical (unpaired) electrons. The van der Waals surface area contributed by atoms with Crippen LogP contribution >= 0.6 is 11.8 Å². The minimum Gasteiger partial charge on any atom is -0.337 e. The van der Waals surface area contributed by atoms with Crippen molar-refractivity contribution in [1.29, 1.82) is 0 Å². The van der Waals surface area contributed by atoms with Gasteiger partial charge in [0.25, 0.3) is 0 Å². The first-order valence-electron chi connectivity index (χ1n) is 5.30. The Balaban J connectivity index is 2.49. The molecule has 0 aromatic carbocycles. The van der Waals surface area contributed by atoms with Gasteiger partial charge < -0.3 is 10.6 Å². The van der Waals surface area contributed by atoms with Crippen LogP contribution in [0, 0.1) is 0 Å². The van der Waals surface area contributed by atoms with E-state index in [2.05, 4.69) is 13.8 Å². The highest BCUT2D eigenvalue weighted by atomic mass is 32.2. The summed E-state index contributed by atoms with van der Waals surface area (Å²) in [7, 11) is 0. The van der Waals surface area contributed by atoms with Crippen molar-refractivity contribution in [2.24, 2.45) is 5.73 Å². The van der Waals surface area contributed by atoms with Crippen molar-refractivity contribution in [3.05, 3.63) is 0 Å². The first-order chi connectivity index (χ1) is 6.66. The van der Waals surface area contributed by atoms with Crippen LogP contribution in [0.1, 0.15) is 26.7 Å². The molecule has 0 aromatic heterocycles. The van der Waals surface area contributed by atoms with E-state index in [1.54, 1.807) is 0 Å². The third-order valence-corrected chi connectivity index (χ3v) is 3.76. The lowest BCUT2D eigenvalue weighted by Crippen LogP contribution is -2.51. The summed E-state index contributed by atoms with van der Waals surface area (Å²) < 4.78 is 0. The predicted molar refractivity (Wildman–Crippen MR) is 61.4 cm³/mol.